The molecule has 1 N–H and O–H groups in total. The third kappa shape index (κ3) is 3.43. The van der Waals surface area contributed by atoms with Crippen LogP contribution in [0.4, 0.5) is 0 Å². The topological polar surface area (TPSA) is 59.1 Å². The average Bonchev–Trinajstić information content (AvgIpc) is 2.17. The van der Waals surface area contributed by atoms with Gasteiger partial charge in [-0.15, -0.1) is 0 Å². The van der Waals surface area contributed by atoms with Gasteiger partial charge in [0.2, 0.25) is 10.0 Å². The molecule has 0 saturated carbocycles. The summed E-state index contributed by atoms with van der Waals surface area (Å²) in [6.45, 7) is 5.73. The third-order valence-electron chi connectivity index (χ3n) is 2.35. The van der Waals surface area contributed by atoms with E-state index in [1.807, 2.05) is 20.8 Å². The van der Waals surface area contributed by atoms with Gasteiger partial charge in [-0.25, -0.2) is 18.1 Å². The van der Waals surface area contributed by atoms with Crippen LogP contribution in [-0.4, -0.2) is 19.4 Å². The van der Waals surface area contributed by atoms with Crippen LogP contribution in [0.1, 0.15) is 20.8 Å². The van der Waals surface area contributed by atoms with Crippen molar-refractivity contribution in [1.29, 1.82) is 0 Å². The molecule has 0 fully saturated rings. The Kier molecular flexibility index (Phi) is 4.29. The number of nitrogens with one attached hydrogen (secondary N) is 1. The van der Waals surface area contributed by atoms with Crippen LogP contribution in [0, 0.1) is 5.92 Å². The van der Waals surface area contributed by atoms with E-state index in [0.717, 1.165) is 0 Å². The smallest absolute Gasteiger partial charge is 0.240 e. The van der Waals surface area contributed by atoms with Crippen molar-refractivity contribution in [2.75, 3.05) is 0 Å². The monoisotopic (exact) mass is 262 g/mol. The molecule has 0 radical (unpaired) electrons. The minimum atomic E-state index is -3.50. The molecule has 0 bridgehead atoms. The summed E-state index contributed by atoms with van der Waals surface area (Å²) >= 11 is 5.65. The lowest BCUT2D eigenvalue weighted by molar-refractivity contribution is 0.476. The molecular weight excluding hydrogens is 248 g/mol. The Labute approximate surface area is 101 Å². The summed E-state index contributed by atoms with van der Waals surface area (Å²) in [7, 11) is -3.50. The van der Waals surface area contributed by atoms with Gasteiger partial charge >= 0.3 is 0 Å². The Hall–Kier alpha value is -0.650. The van der Waals surface area contributed by atoms with Crippen LogP contribution in [0.15, 0.2) is 23.2 Å². The number of nitrogens with zero attached hydrogens (tertiary/aromatic N) is 1. The minimum absolute atomic E-state index is 0.128. The van der Waals surface area contributed by atoms with Crippen molar-refractivity contribution >= 4 is 21.6 Å². The predicted molar refractivity (Wildman–Crippen MR) is 63.9 cm³/mol. The van der Waals surface area contributed by atoms with Crippen LogP contribution in [0.3, 0.4) is 0 Å². The van der Waals surface area contributed by atoms with Crippen LogP contribution >= 0.6 is 11.6 Å². The normalized spacial score (nSPS) is 14.1. The van der Waals surface area contributed by atoms with Crippen LogP contribution in [0.25, 0.3) is 0 Å². The molecule has 4 nitrogen and oxygen atoms in total. The summed E-state index contributed by atoms with van der Waals surface area (Å²) < 4.78 is 26.4. The molecule has 0 saturated heterocycles. The molecule has 1 heterocycles. The summed E-state index contributed by atoms with van der Waals surface area (Å²) in [5, 5.41) is 0.167. The van der Waals surface area contributed by atoms with E-state index in [-0.39, 0.29) is 22.0 Å². The first-order valence-corrected chi connectivity index (χ1v) is 6.83. The highest BCUT2D eigenvalue weighted by molar-refractivity contribution is 7.89. The van der Waals surface area contributed by atoms with Gasteiger partial charge in [0.25, 0.3) is 0 Å². The number of aromatic nitrogens is 1. The minimum Gasteiger partial charge on any atom is -0.244 e. The maximum Gasteiger partial charge on any atom is 0.240 e. The zero-order valence-electron chi connectivity index (χ0n) is 9.44. The Morgan fingerprint density at radius 3 is 2.50 bits per heavy atom. The molecule has 0 spiro atoms. The highest BCUT2D eigenvalue weighted by Crippen LogP contribution is 2.14. The number of rotatable bonds is 4. The maximum absolute atomic E-state index is 11.9. The van der Waals surface area contributed by atoms with Crippen molar-refractivity contribution in [2.45, 2.75) is 31.7 Å². The van der Waals surface area contributed by atoms with Gasteiger partial charge in [-0.2, -0.15) is 0 Å². The molecule has 1 rings (SSSR count). The second-order valence-corrected chi connectivity index (χ2v) is 6.07. The van der Waals surface area contributed by atoms with E-state index >= 15 is 0 Å². The molecule has 1 aromatic rings. The SMILES string of the molecule is CC(C)C(C)NS(=O)(=O)c1ccnc(Cl)c1. The fraction of sp³-hybridized carbons (Fsp3) is 0.500. The number of hydrogen-bond donors (Lipinski definition) is 1. The van der Waals surface area contributed by atoms with Gasteiger partial charge in [0.1, 0.15) is 5.15 Å². The van der Waals surface area contributed by atoms with Crippen LogP contribution in [0.2, 0.25) is 5.15 Å². The van der Waals surface area contributed by atoms with Crippen LogP contribution in [0.5, 0.6) is 0 Å². The maximum atomic E-state index is 11.9. The summed E-state index contributed by atoms with van der Waals surface area (Å²) in [6.07, 6.45) is 1.37. The van der Waals surface area contributed by atoms with Gasteiger partial charge in [0, 0.05) is 12.2 Å². The zero-order chi connectivity index (χ0) is 12.3. The summed E-state index contributed by atoms with van der Waals surface area (Å²) in [5.41, 5.74) is 0. The second kappa shape index (κ2) is 5.12. The Morgan fingerprint density at radius 2 is 2.00 bits per heavy atom. The van der Waals surface area contributed by atoms with Gasteiger partial charge < -0.3 is 0 Å². The number of pyridine rings is 1. The molecule has 1 atom stereocenters. The van der Waals surface area contributed by atoms with Gasteiger partial charge in [-0.05, 0) is 25.0 Å². The lowest BCUT2D eigenvalue weighted by Crippen LogP contribution is -2.36. The van der Waals surface area contributed by atoms with E-state index < -0.39 is 10.0 Å². The fourth-order valence-electron chi connectivity index (χ4n) is 1.00. The standard InChI is InChI=1S/C10H15ClN2O2S/c1-7(2)8(3)13-16(14,15)9-4-5-12-10(11)6-9/h4-8,13H,1-3H3. The Morgan fingerprint density at radius 1 is 1.38 bits per heavy atom. The van der Waals surface area contributed by atoms with E-state index in [1.54, 1.807) is 0 Å². The van der Waals surface area contributed by atoms with Crippen LogP contribution in [-0.2, 0) is 10.0 Å². The highest BCUT2D eigenvalue weighted by atomic mass is 35.5. The van der Waals surface area contributed by atoms with Gasteiger partial charge in [-0.3, -0.25) is 0 Å². The fourth-order valence-corrected chi connectivity index (χ4v) is 2.64. The molecule has 6 heteroatoms. The molecule has 0 aliphatic rings. The number of halogens is 1. The van der Waals surface area contributed by atoms with Crippen molar-refractivity contribution in [2.24, 2.45) is 5.92 Å². The van der Waals surface area contributed by atoms with Crippen molar-refractivity contribution in [3.63, 3.8) is 0 Å². The second-order valence-electron chi connectivity index (χ2n) is 3.97. The summed E-state index contributed by atoms with van der Waals surface area (Å²) in [5.74, 6) is 0.229. The first kappa shape index (κ1) is 13.4. The van der Waals surface area contributed by atoms with E-state index in [4.69, 9.17) is 11.6 Å². The van der Waals surface area contributed by atoms with Crippen molar-refractivity contribution in [3.05, 3.63) is 23.5 Å². The number of sulfonamides is 1. The molecule has 0 aromatic carbocycles. The summed E-state index contributed by atoms with van der Waals surface area (Å²) in [4.78, 5) is 3.88. The van der Waals surface area contributed by atoms with E-state index in [9.17, 15) is 8.42 Å². The lowest BCUT2D eigenvalue weighted by atomic mass is 10.1. The van der Waals surface area contributed by atoms with Crippen LogP contribution < -0.4 is 4.72 Å². The lowest BCUT2D eigenvalue weighted by Gasteiger charge is -2.17. The molecule has 0 aliphatic heterocycles. The van der Waals surface area contributed by atoms with E-state index in [2.05, 4.69) is 9.71 Å². The van der Waals surface area contributed by atoms with Crippen molar-refractivity contribution in [3.8, 4) is 0 Å². The average molecular weight is 263 g/mol. The Bertz CT molecular complexity index is 460. The van der Waals surface area contributed by atoms with Gasteiger partial charge in [0.05, 0.1) is 4.90 Å². The van der Waals surface area contributed by atoms with E-state index in [0.29, 0.717) is 0 Å². The van der Waals surface area contributed by atoms with Crippen molar-refractivity contribution in [1.82, 2.24) is 9.71 Å². The van der Waals surface area contributed by atoms with Gasteiger partial charge in [0.15, 0.2) is 0 Å². The molecular formula is C10H15ClN2O2S. The molecule has 0 aliphatic carbocycles. The van der Waals surface area contributed by atoms with E-state index in [1.165, 1.54) is 18.3 Å². The predicted octanol–water partition coefficient (Wildman–Crippen LogP) is 2.06. The molecule has 90 valence electrons. The largest absolute Gasteiger partial charge is 0.244 e. The molecule has 0 amide bonds. The molecule has 1 aromatic heterocycles. The highest BCUT2D eigenvalue weighted by Gasteiger charge is 2.19. The van der Waals surface area contributed by atoms with Crippen molar-refractivity contribution < 1.29 is 8.42 Å². The summed E-state index contributed by atoms with van der Waals surface area (Å²) in [6, 6.07) is 2.62. The molecule has 16 heavy (non-hydrogen) atoms. The first-order valence-electron chi connectivity index (χ1n) is 4.97. The zero-order valence-corrected chi connectivity index (χ0v) is 11.0. The quantitative estimate of drug-likeness (QED) is 0.845. The number of hydrogen-bond acceptors (Lipinski definition) is 3. The molecule has 1 unspecified atom stereocenters. The third-order valence-corrected chi connectivity index (χ3v) is 4.11. The first-order chi connectivity index (χ1) is 7.33. The Balaban J connectivity index is 2.95. The van der Waals surface area contributed by atoms with Gasteiger partial charge in [-0.1, -0.05) is 25.4 Å².